The lowest BCUT2D eigenvalue weighted by Gasteiger charge is -2.07. The molecule has 4 nitrogen and oxygen atoms in total. The van der Waals surface area contributed by atoms with Crippen molar-refractivity contribution in [3.05, 3.63) is 100.0 Å². The van der Waals surface area contributed by atoms with E-state index in [2.05, 4.69) is 41.5 Å². The van der Waals surface area contributed by atoms with E-state index in [-0.39, 0.29) is 5.91 Å². The maximum absolute atomic E-state index is 12.3. The minimum atomic E-state index is -0.132. The molecule has 1 aliphatic rings. The standard InChI is InChI=1S/C25H22N2O2S/c1-17-7-9-20(10-8-17)16-29-21-13-11-19(12-14-21)15-23-24(28)27-25(30-23)26-22-6-4-3-5-18(22)2/h3-15H,16H2,1-2H3,(H,26,27,28)/b23-15-. The Morgan fingerprint density at radius 3 is 2.43 bits per heavy atom. The molecule has 0 unspecified atom stereocenters. The lowest BCUT2D eigenvalue weighted by molar-refractivity contribution is -0.115. The second-order valence-corrected chi connectivity index (χ2v) is 8.14. The van der Waals surface area contributed by atoms with Crippen molar-refractivity contribution < 1.29 is 9.53 Å². The first kappa shape index (κ1) is 20.0. The fourth-order valence-electron chi connectivity index (χ4n) is 2.94. The average Bonchev–Trinajstić information content (AvgIpc) is 3.09. The summed E-state index contributed by atoms with van der Waals surface area (Å²) in [6.45, 7) is 4.59. The van der Waals surface area contributed by atoms with E-state index >= 15 is 0 Å². The minimum Gasteiger partial charge on any atom is -0.489 e. The first-order valence-corrected chi connectivity index (χ1v) is 10.5. The predicted molar refractivity (Wildman–Crippen MR) is 124 cm³/mol. The Morgan fingerprint density at radius 2 is 1.70 bits per heavy atom. The summed E-state index contributed by atoms with van der Waals surface area (Å²) in [5, 5.41) is 3.43. The number of amides is 1. The number of carbonyl (C=O) groups excluding carboxylic acids is 1. The fourth-order valence-corrected chi connectivity index (χ4v) is 3.78. The van der Waals surface area contributed by atoms with Gasteiger partial charge in [-0.1, -0.05) is 60.2 Å². The van der Waals surface area contributed by atoms with Crippen molar-refractivity contribution in [3.63, 3.8) is 0 Å². The summed E-state index contributed by atoms with van der Waals surface area (Å²) >= 11 is 1.35. The Morgan fingerprint density at radius 1 is 0.967 bits per heavy atom. The molecule has 1 saturated heterocycles. The van der Waals surface area contributed by atoms with Gasteiger partial charge in [0.1, 0.15) is 12.4 Å². The number of carbonyl (C=O) groups is 1. The third-order valence-corrected chi connectivity index (χ3v) is 5.60. The molecule has 0 atom stereocenters. The number of aryl methyl sites for hydroxylation is 2. The van der Waals surface area contributed by atoms with Crippen LogP contribution in [0.4, 0.5) is 5.69 Å². The molecular formula is C25H22N2O2S. The molecule has 1 amide bonds. The van der Waals surface area contributed by atoms with Gasteiger partial charge in [-0.2, -0.15) is 0 Å². The van der Waals surface area contributed by atoms with Crippen molar-refractivity contribution in [2.75, 3.05) is 0 Å². The lowest BCUT2D eigenvalue weighted by Crippen LogP contribution is -2.19. The molecule has 4 rings (SSSR count). The highest BCUT2D eigenvalue weighted by Gasteiger charge is 2.23. The molecular weight excluding hydrogens is 392 g/mol. The Labute approximate surface area is 180 Å². The highest BCUT2D eigenvalue weighted by atomic mass is 32.2. The topological polar surface area (TPSA) is 50.7 Å². The Kier molecular flexibility index (Phi) is 6.00. The normalized spacial score (nSPS) is 16.1. The van der Waals surface area contributed by atoms with Gasteiger partial charge >= 0.3 is 0 Å². The molecule has 150 valence electrons. The molecule has 1 N–H and O–H groups in total. The largest absolute Gasteiger partial charge is 0.489 e. The smallest absolute Gasteiger partial charge is 0.264 e. The first-order valence-electron chi connectivity index (χ1n) is 9.70. The van der Waals surface area contributed by atoms with E-state index in [1.807, 2.05) is 61.5 Å². The van der Waals surface area contributed by atoms with Gasteiger partial charge in [-0.25, -0.2) is 4.99 Å². The van der Waals surface area contributed by atoms with E-state index in [4.69, 9.17) is 4.74 Å². The average molecular weight is 415 g/mol. The number of aliphatic imine (C=N–C) groups is 1. The summed E-state index contributed by atoms with van der Waals surface area (Å²) in [6, 6.07) is 23.9. The number of nitrogens with zero attached hydrogens (tertiary/aromatic N) is 1. The Balaban J connectivity index is 1.41. The van der Waals surface area contributed by atoms with Gasteiger partial charge in [0.05, 0.1) is 10.6 Å². The van der Waals surface area contributed by atoms with E-state index in [1.54, 1.807) is 0 Å². The summed E-state index contributed by atoms with van der Waals surface area (Å²) < 4.78 is 5.85. The molecule has 0 radical (unpaired) electrons. The van der Waals surface area contributed by atoms with E-state index < -0.39 is 0 Å². The van der Waals surface area contributed by atoms with E-state index in [0.717, 1.165) is 28.1 Å². The van der Waals surface area contributed by atoms with Crippen molar-refractivity contribution in [2.24, 2.45) is 4.99 Å². The third-order valence-electron chi connectivity index (χ3n) is 4.69. The van der Waals surface area contributed by atoms with Crippen LogP contribution in [0.1, 0.15) is 22.3 Å². The molecule has 1 aliphatic heterocycles. The maximum atomic E-state index is 12.3. The van der Waals surface area contributed by atoms with E-state index in [0.29, 0.717) is 16.7 Å². The summed E-state index contributed by atoms with van der Waals surface area (Å²) in [7, 11) is 0. The van der Waals surface area contributed by atoms with E-state index in [1.165, 1.54) is 17.3 Å². The summed E-state index contributed by atoms with van der Waals surface area (Å²) in [5.41, 5.74) is 5.23. The third kappa shape index (κ3) is 4.99. The molecule has 30 heavy (non-hydrogen) atoms. The van der Waals surface area contributed by atoms with E-state index in [9.17, 15) is 4.79 Å². The maximum Gasteiger partial charge on any atom is 0.264 e. The monoisotopic (exact) mass is 414 g/mol. The van der Waals surface area contributed by atoms with Gasteiger partial charge in [0, 0.05) is 0 Å². The lowest BCUT2D eigenvalue weighted by atomic mass is 10.1. The van der Waals surface area contributed by atoms with Crippen LogP contribution in [0.15, 0.2) is 82.7 Å². The summed E-state index contributed by atoms with van der Waals surface area (Å²) in [4.78, 5) is 17.5. The van der Waals surface area contributed by atoms with Crippen LogP contribution in [0.5, 0.6) is 5.75 Å². The number of amidine groups is 1. The van der Waals surface area contributed by atoms with Crippen LogP contribution in [0.3, 0.4) is 0 Å². The molecule has 3 aromatic carbocycles. The van der Waals surface area contributed by atoms with Crippen LogP contribution in [0.2, 0.25) is 0 Å². The van der Waals surface area contributed by atoms with Crippen LogP contribution in [0, 0.1) is 13.8 Å². The quantitative estimate of drug-likeness (QED) is 0.539. The fraction of sp³-hybridized carbons (Fsp3) is 0.120. The van der Waals surface area contributed by atoms with Gasteiger partial charge < -0.3 is 10.1 Å². The van der Waals surface area contributed by atoms with Crippen LogP contribution in [-0.2, 0) is 11.4 Å². The molecule has 0 bridgehead atoms. The van der Waals surface area contributed by atoms with Gasteiger partial charge in [0.15, 0.2) is 5.17 Å². The predicted octanol–water partition coefficient (Wildman–Crippen LogP) is 5.77. The zero-order valence-corrected chi connectivity index (χ0v) is 17.7. The SMILES string of the molecule is Cc1ccc(COc2ccc(/C=C3\SC(=Nc4ccccc4C)NC3=O)cc2)cc1. The number of ether oxygens (including phenoxy) is 1. The van der Waals surface area contributed by atoms with Crippen molar-refractivity contribution in [2.45, 2.75) is 20.5 Å². The second kappa shape index (κ2) is 9.01. The van der Waals surface area contributed by atoms with Crippen molar-refractivity contribution in [3.8, 4) is 5.75 Å². The highest BCUT2D eigenvalue weighted by molar-refractivity contribution is 8.18. The Hall–Kier alpha value is -3.31. The molecule has 3 aromatic rings. The van der Waals surface area contributed by atoms with Crippen molar-refractivity contribution in [1.29, 1.82) is 0 Å². The molecule has 1 heterocycles. The number of rotatable bonds is 5. The van der Waals surface area contributed by atoms with Gasteiger partial charge in [0.25, 0.3) is 5.91 Å². The minimum absolute atomic E-state index is 0.132. The van der Waals surface area contributed by atoms with Crippen molar-refractivity contribution in [1.82, 2.24) is 5.32 Å². The molecule has 0 aromatic heterocycles. The van der Waals surface area contributed by atoms with Crippen LogP contribution >= 0.6 is 11.8 Å². The number of benzene rings is 3. The number of nitrogens with one attached hydrogen (secondary N) is 1. The number of hydrogen-bond donors (Lipinski definition) is 1. The van der Waals surface area contributed by atoms with Crippen LogP contribution < -0.4 is 10.1 Å². The van der Waals surface area contributed by atoms with Crippen LogP contribution in [0.25, 0.3) is 6.08 Å². The summed E-state index contributed by atoms with van der Waals surface area (Å²) in [6.07, 6.45) is 1.87. The molecule has 5 heteroatoms. The molecule has 1 fully saturated rings. The zero-order chi connectivity index (χ0) is 20.9. The number of para-hydroxylation sites is 1. The van der Waals surface area contributed by atoms with Gasteiger partial charge in [-0.15, -0.1) is 0 Å². The first-order chi connectivity index (χ1) is 14.6. The zero-order valence-electron chi connectivity index (χ0n) is 16.9. The highest BCUT2D eigenvalue weighted by Crippen LogP contribution is 2.29. The van der Waals surface area contributed by atoms with Gasteiger partial charge in [-0.05, 0) is 66.6 Å². The summed E-state index contributed by atoms with van der Waals surface area (Å²) in [5.74, 6) is 0.662. The molecule has 0 spiro atoms. The van der Waals surface area contributed by atoms with Gasteiger partial charge in [-0.3, -0.25) is 4.79 Å². The number of hydrogen-bond acceptors (Lipinski definition) is 4. The van der Waals surface area contributed by atoms with Crippen molar-refractivity contribution >= 4 is 34.6 Å². The molecule has 0 aliphatic carbocycles. The molecule has 0 saturated carbocycles. The Bertz CT molecular complexity index is 1120. The number of thioether (sulfide) groups is 1. The second-order valence-electron chi connectivity index (χ2n) is 7.11. The van der Waals surface area contributed by atoms with Gasteiger partial charge in [0.2, 0.25) is 0 Å². The van der Waals surface area contributed by atoms with Crippen LogP contribution in [-0.4, -0.2) is 11.1 Å².